The Kier molecular flexibility index (Phi) is 62.3. The number of nitrogens with one attached hydrogen (secondary N) is 2. The number of aromatic nitrogens is 3. The van der Waals surface area contributed by atoms with Gasteiger partial charge in [0.05, 0.1) is 91.0 Å². The van der Waals surface area contributed by atoms with Crippen LogP contribution in [0.2, 0.25) is 0 Å². The third-order valence-electron chi connectivity index (χ3n) is 8.89. The summed E-state index contributed by atoms with van der Waals surface area (Å²) < 4.78 is 46.4. The summed E-state index contributed by atoms with van der Waals surface area (Å²) in [5, 5.41) is 13.0. The smallest absolute Gasteiger partial charge is 0.246 e. The Morgan fingerprint density at radius 1 is 0.539 bits per heavy atom. The fourth-order valence-corrected chi connectivity index (χ4v) is 4.58. The van der Waals surface area contributed by atoms with E-state index in [0.29, 0.717) is 111 Å². The van der Waals surface area contributed by atoms with Crippen molar-refractivity contribution in [2.75, 3.05) is 128 Å². The van der Waals surface area contributed by atoms with Crippen LogP contribution in [-0.2, 0) is 104 Å². The van der Waals surface area contributed by atoms with Crippen molar-refractivity contribution in [3.05, 3.63) is 11.9 Å². The predicted octanol–water partition coefficient (Wildman–Crippen LogP) is 1.81. The highest BCUT2D eigenvalue weighted by molar-refractivity contribution is 5.92. The number of ketones is 8. The molecule has 0 unspecified atom stereocenters. The van der Waals surface area contributed by atoms with Crippen molar-refractivity contribution in [2.24, 2.45) is 5.73 Å². The fraction of sp³-hybridized carbons (Fsp3) is 0.765. The molecule has 76 heavy (non-hydrogen) atoms. The van der Waals surface area contributed by atoms with Gasteiger partial charge in [-0.25, -0.2) is 4.68 Å². The van der Waals surface area contributed by atoms with E-state index in [9.17, 15) is 47.9 Å². The zero-order chi connectivity index (χ0) is 59.0. The van der Waals surface area contributed by atoms with Crippen LogP contribution in [0.15, 0.2) is 6.20 Å². The molecule has 25 heteroatoms. The second-order valence-electron chi connectivity index (χ2n) is 16.3. The highest BCUT2D eigenvalue weighted by Crippen LogP contribution is 2.00. The molecule has 4 N–H and O–H groups in total. The zero-order valence-electron chi connectivity index (χ0n) is 47.9. The summed E-state index contributed by atoms with van der Waals surface area (Å²) in [6, 6.07) is -1.53. The minimum absolute atomic E-state index is 0.0442. The number of Topliss-reactive ketones (excluding diaryl/α,β-unsaturated/α-hetero) is 8. The number of methoxy groups -OCH3 is 5. The van der Waals surface area contributed by atoms with Crippen molar-refractivity contribution < 1.29 is 90.6 Å². The van der Waals surface area contributed by atoms with Crippen LogP contribution >= 0.6 is 0 Å². The SMILES string of the molecule is CCC(=O)C[C@H](N)C(C)=O.CCC(=O)C[C@H](NC(=O)COC)C(=O)NCCOCCOCCOCCOCCC(C)=O.COCC(C)=O.COCCC(C)=O.COCCC(C)=O.COCCn1cc(CCC(C)=O)nn1. The van der Waals surface area contributed by atoms with Gasteiger partial charge >= 0.3 is 0 Å². The summed E-state index contributed by atoms with van der Waals surface area (Å²) in [4.78, 5) is 108. The summed E-state index contributed by atoms with van der Waals surface area (Å²) in [5.41, 5.74) is 6.18. The average molecular weight is 1100 g/mol. The average Bonchev–Trinajstić information content (AvgIpc) is 3.83. The molecule has 0 bridgehead atoms. The van der Waals surface area contributed by atoms with Crippen LogP contribution in [0.3, 0.4) is 0 Å². The molecule has 0 aliphatic carbocycles. The predicted molar refractivity (Wildman–Crippen MR) is 282 cm³/mol. The lowest BCUT2D eigenvalue weighted by atomic mass is 10.1. The Bertz CT molecular complexity index is 1680. The van der Waals surface area contributed by atoms with Crippen LogP contribution in [-0.4, -0.2) is 213 Å². The standard InChI is InChI=1S/C21H38N2O9.C9H15N3O2.C7H13NO2.2C5H10O2.C4H8O2/c1-4-18(25)15-19(23-20(26)16-28-3)21(27)22-6-8-30-10-12-32-14-13-31-11-9-29-7-5-17(2)24;1-8(13)3-4-9-7-12(11-10-9)5-6-14-2;1-3-6(10)4-7(8)5(2)9;2*1-5(6)3-4-7-2;1-4(5)3-6-2/h19H,4-16H2,1-3H3,(H,22,27)(H,23,26);7H,3-6H2,1-2H3;7H,3-4,8H2,1-2H3;2*3-4H2,1-2H3;3H2,1-2H3/t19-;;7-;;;/m0.0.../s1. The molecule has 0 fully saturated rings. The van der Waals surface area contributed by atoms with Gasteiger partial charge in [-0.15, -0.1) is 5.10 Å². The maximum Gasteiger partial charge on any atom is 0.246 e. The number of aryl methyl sites for hydroxylation is 1. The monoisotopic (exact) mass is 1090 g/mol. The van der Waals surface area contributed by atoms with E-state index in [4.69, 9.17) is 34.2 Å². The Labute approximate surface area is 450 Å². The Hall–Kier alpha value is -4.96. The van der Waals surface area contributed by atoms with E-state index in [0.717, 1.165) is 5.69 Å². The minimum atomic E-state index is -0.937. The van der Waals surface area contributed by atoms with Crippen LogP contribution in [0.5, 0.6) is 0 Å². The van der Waals surface area contributed by atoms with E-state index >= 15 is 0 Å². The maximum atomic E-state index is 12.2. The molecular weight excluding hydrogens is 1000 g/mol. The number of nitrogens with two attached hydrogens (primary N) is 1. The van der Waals surface area contributed by atoms with Gasteiger partial charge in [0, 0.05) is 99.7 Å². The second kappa shape index (κ2) is 59.3. The normalized spacial score (nSPS) is 10.8. The number of rotatable bonds is 40. The van der Waals surface area contributed by atoms with E-state index < -0.39 is 23.9 Å². The molecule has 2 amide bonds. The van der Waals surface area contributed by atoms with Gasteiger partial charge in [-0.2, -0.15) is 0 Å². The van der Waals surface area contributed by atoms with E-state index in [1.54, 1.807) is 60.6 Å². The molecule has 1 heterocycles. The van der Waals surface area contributed by atoms with E-state index in [1.165, 1.54) is 35.0 Å². The van der Waals surface area contributed by atoms with Crippen molar-refractivity contribution in [1.82, 2.24) is 25.6 Å². The molecule has 0 radical (unpaired) electrons. The van der Waals surface area contributed by atoms with Crippen LogP contribution in [0.25, 0.3) is 0 Å². The van der Waals surface area contributed by atoms with Gasteiger partial charge in [0.25, 0.3) is 0 Å². The van der Waals surface area contributed by atoms with Crippen molar-refractivity contribution in [1.29, 1.82) is 0 Å². The van der Waals surface area contributed by atoms with Gasteiger partial charge in [-0.3, -0.25) is 43.2 Å². The van der Waals surface area contributed by atoms with Crippen LogP contribution < -0.4 is 16.4 Å². The van der Waals surface area contributed by atoms with Crippen molar-refractivity contribution in [3.8, 4) is 0 Å². The van der Waals surface area contributed by atoms with Gasteiger partial charge in [-0.05, 0) is 48.0 Å². The second-order valence-corrected chi connectivity index (χ2v) is 16.3. The van der Waals surface area contributed by atoms with Crippen molar-refractivity contribution >= 4 is 58.1 Å². The number of amides is 2. The Morgan fingerprint density at radius 3 is 1.36 bits per heavy atom. The number of carbonyl (C=O) groups excluding carboxylic acids is 10. The number of carbonyl (C=O) groups is 10. The highest BCUT2D eigenvalue weighted by atomic mass is 16.6. The fourth-order valence-electron chi connectivity index (χ4n) is 4.58. The molecule has 2 atom stereocenters. The lowest BCUT2D eigenvalue weighted by Crippen LogP contribution is -2.49. The Balaban J connectivity index is -0.000000311. The first-order valence-electron chi connectivity index (χ1n) is 25.0. The van der Waals surface area contributed by atoms with Crippen LogP contribution in [0.1, 0.15) is 112 Å². The summed E-state index contributed by atoms with van der Waals surface area (Å²) in [7, 11) is 7.69. The third kappa shape index (κ3) is 67.1. The molecule has 1 aromatic rings. The lowest BCUT2D eigenvalue weighted by molar-refractivity contribution is -0.132. The molecule has 25 nitrogen and oxygen atoms in total. The van der Waals surface area contributed by atoms with Crippen molar-refractivity contribution in [3.63, 3.8) is 0 Å². The molecule has 0 saturated heterocycles. The summed E-state index contributed by atoms with van der Waals surface area (Å²) >= 11 is 0. The third-order valence-corrected chi connectivity index (χ3v) is 8.89. The first-order valence-corrected chi connectivity index (χ1v) is 25.0. The molecule has 0 saturated carbocycles. The number of hydrogen-bond donors (Lipinski definition) is 3. The van der Waals surface area contributed by atoms with Crippen LogP contribution in [0, 0.1) is 0 Å². The van der Waals surface area contributed by atoms with E-state index in [-0.39, 0.29) is 91.9 Å². The first kappa shape index (κ1) is 79.9. The molecule has 0 aliphatic rings. The largest absolute Gasteiger partial charge is 0.384 e. The maximum absolute atomic E-state index is 12.2. The molecule has 442 valence electrons. The lowest BCUT2D eigenvalue weighted by Gasteiger charge is -2.17. The summed E-state index contributed by atoms with van der Waals surface area (Å²) in [6.07, 6.45) is 5.40. The van der Waals surface area contributed by atoms with E-state index in [2.05, 4.69) is 35.2 Å². The molecule has 0 spiro atoms. The Morgan fingerprint density at radius 2 is 0.974 bits per heavy atom. The molecule has 1 aromatic heterocycles. The molecular formula is C51H94N6O19. The minimum Gasteiger partial charge on any atom is -0.384 e. The van der Waals surface area contributed by atoms with Crippen molar-refractivity contribution in [2.45, 2.75) is 132 Å². The number of ether oxygens (including phenoxy) is 9. The quantitative estimate of drug-likeness (QED) is 0.0789. The van der Waals surface area contributed by atoms with Gasteiger partial charge in [0.2, 0.25) is 11.8 Å². The van der Waals surface area contributed by atoms with Crippen LogP contribution in [0.4, 0.5) is 0 Å². The topological polar surface area (TPSA) is 335 Å². The number of nitrogens with zero attached hydrogens (tertiary/aromatic N) is 3. The highest BCUT2D eigenvalue weighted by Gasteiger charge is 2.23. The summed E-state index contributed by atoms with van der Waals surface area (Å²) in [5.74, 6) is -0.404. The first-order chi connectivity index (χ1) is 36.0. The van der Waals surface area contributed by atoms with Gasteiger partial charge in [-0.1, -0.05) is 19.1 Å². The summed E-state index contributed by atoms with van der Waals surface area (Å²) in [6.45, 7) is 18.4. The van der Waals surface area contributed by atoms with Gasteiger partial charge in [0.15, 0.2) is 5.78 Å². The molecule has 0 aliphatic heterocycles. The molecule has 1 rings (SSSR count). The van der Waals surface area contributed by atoms with Gasteiger partial charge in [0.1, 0.15) is 59.7 Å². The van der Waals surface area contributed by atoms with Gasteiger partial charge < -0.3 is 63.8 Å². The van der Waals surface area contributed by atoms with E-state index in [1.807, 2.05) is 6.20 Å². The molecule has 0 aromatic carbocycles. The number of hydrogen-bond acceptors (Lipinski definition) is 22. The zero-order valence-corrected chi connectivity index (χ0v) is 47.9.